The van der Waals surface area contributed by atoms with Crippen molar-refractivity contribution in [3.05, 3.63) is 35.4 Å². The van der Waals surface area contributed by atoms with Crippen LogP contribution in [0, 0.1) is 11.8 Å². The first-order valence-electron chi connectivity index (χ1n) is 7.25. The van der Waals surface area contributed by atoms with Crippen molar-refractivity contribution in [2.75, 3.05) is 12.4 Å². The van der Waals surface area contributed by atoms with Gasteiger partial charge in [0.15, 0.2) is 0 Å². The van der Waals surface area contributed by atoms with Gasteiger partial charge in [-0.15, -0.1) is 0 Å². The molecule has 0 heterocycles. The number of hydrogen-bond donors (Lipinski definition) is 2. The molecule has 1 aliphatic rings. The number of carbonyl (C=O) groups excluding carboxylic acids is 1. The van der Waals surface area contributed by atoms with Crippen LogP contribution >= 0.6 is 0 Å². The van der Waals surface area contributed by atoms with E-state index >= 15 is 0 Å². The summed E-state index contributed by atoms with van der Waals surface area (Å²) in [4.78, 5) is 23.9. The molecule has 2 N–H and O–H groups in total. The van der Waals surface area contributed by atoms with Gasteiger partial charge in [-0.25, -0.2) is 0 Å². The second-order valence-electron chi connectivity index (χ2n) is 5.74. The molecule has 5 heteroatoms. The number of ether oxygens (including phenoxy) is 1. The first kappa shape index (κ1) is 16.1. The summed E-state index contributed by atoms with van der Waals surface area (Å²) in [5.74, 6) is -1.75. The van der Waals surface area contributed by atoms with Gasteiger partial charge >= 0.3 is 5.97 Å². The van der Waals surface area contributed by atoms with E-state index in [0.29, 0.717) is 24.3 Å². The van der Waals surface area contributed by atoms with Crippen molar-refractivity contribution in [3.8, 4) is 5.75 Å². The minimum Gasteiger partial charge on any atom is -0.497 e. The monoisotopic (exact) mass is 303 g/mol. The lowest BCUT2D eigenvalue weighted by molar-refractivity contribution is -0.146. The highest BCUT2D eigenvalue weighted by molar-refractivity contribution is 5.95. The number of carboxylic acid groups (broad SMARTS) is 1. The van der Waals surface area contributed by atoms with Crippen LogP contribution < -0.4 is 10.1 Å². The summed E-state index contributed by atoms with van der Waals surface area (Å²) in [5.41, 5.74) is 2.78. The van der Waals surface area contributed by atoms with E-state index in [-0.39, 0.29) is 5.91 Å². The number of carboxylic acids is 1. The number of allylic oxidation sites excluding steroid dienone is 2. The van der Waals surface area contributed by atoms with Gasteiger partial charge in [0.05, 0.1) is 18.9 Å². The highest BCUT2D eigenvalue weighted by Gasteiger charge is 2.37. The van der Waals surface area contributed by atoms with E-state index in [2.05, 4.69) is 5.32 Å². The first-order chi connectivity index (χ1) is 10.4. The summed E-state index contributed by atoms with van der Waals surface area (Å²) in [6.45, 7) is 3.89. The maximum Gasteiger partial charge on any atom is 0.307 e. The molecule has 118 valence electrons. The predicted molar refractivity (Wildman–Crippen MR) is 83.8 cm³/mol. The summed E-state index contributed by atoms with van der Waals surface area (Å²) < 4.78 is 5.12. The quantitative estimate of drug-likeness (QED) is 0.838. The molecular weight excluding hydrogens is 282 g/mol. The number of aliphatic carboxylic acids is 1. The van der Waals surface area contributed by atoms with Crippen molar-refractivity contribution in [1.29, 1.82) is 0 Å². The van der Waals surface area contributed by atoms with Crippen molar-refractivity contribution < 1.29 is 19.4 Å². The SMILES string of the molecule is COc1cccc(NC(=O)[C@@H]2CC(C)=C(C)C[C@H]2C(=O)O)c1. The molecule has 0 aromatic heterocycles. The van der Waals surface area contributed by atoms with Crippen molar-refractivity contribution in [2.45, 2.75) is 26.7 Å². The fourth-order valence-corrected chi connectivity index (χ4v) is 2.76. The number of methoxy groups -OCH3 is 1. The summed E-state index contributed by atoms with van der Waals surface area (Å²) in [5, 5.41) is 12.2. The number of amides is 1. The summed E-state index contributed by atoms with van der Waals surface area (Å²) >= 11 is 0. The molecule has 0 bridgehead atoms. The summed E-state index contributed by atoms with van der Waals surface area (Å²) in [6.07, 6.45) is 0.913. The molecule has 1 aliphatic carbocycles. The van der Waals surface area contributed by atoms with Gasteiger partial charge < -0.3 is 15.2 Å². The molecule has 0 aliphatic heterocycles. The van der Waals surface area contributed by atoms with Gasteiger partial charge in [0, 0.05) is 11.8 Å². The van der Waals surface area contributed by atoms with E-state index in [1.54, 1.807) is 31.4 Å². The fraction of sp³-hybridized carbons (Fsp3) is 0.412. The van der Waals surface area contributed by atoms with Gasteiger partial charge in [-0.05, 0) is 38.8 Å². The normalized spacial score (nSPS) is 21.4. The molecule has 0 saturated heterocycles. The second kappa shape index (κ2) is 6.64. The summed E-state index contributed by atoms with van der Waals surface area (Å²) in [6, 6.07) is 7.03. The van der Waals surface area contributed by atoms with Gasteiger partial charge in [-0.2, -0.15) is 0 Å². The average Bonchev–Trinajstić information content (AvgIpc) is 2.49. The third-order valence-corrected chi connectivity index (χ3v) is 4.26. The Kier molecular flexibility index (Phi) is 4.85. The van der Waals surface area contributed by atoms with Crippen LogP contribution in [0.5, 0.6) is 5.75 Å². The Bertz CT molecular complexity index is 621. The number of anilines is 1. The Balaban J connectivity index is 2.18. The summed E-state index contributed by atoms with van der Waals surface area (Å²) in [7, 11) is 1.56. The molecule has 1 amide bonds. The van der Waals surface area contributed by atoms with Crippen LogP contribution in [0.4, 0.5) is 5.69 Å². The lowest BCUT2D eigenvalue weighted by atomic mass is 9.76. The van der Waals surface area contributed by atoms with Gasteiger partial charge in [-0.1, -0.05) is 17.2 Å². The van der Waals surface area contributed by atoms with Crippen molar-refractivity contribution in [3.63, 3.8) is 0 Å². The molecular formula is C17H21NO4. The number of benzene rings is 1. The Morgan fingerprint density at radius 3 is 2.41 bits per heavy atom. The van der Waals surface area contributed by atoms with Crippen LogP contribution in [-0.2, 0) is 9.59 Å². The minimum atomic E-state index is -0.919. The minimum absolute atomic E-state index is 0.257. The van der Waals surface area contributed by atoms with E-state index < -0.39 is 17.8 Å². The van der Waals surface area contributed by atoms with Crippen LogP contribution in [0.25, 0.3) is 0 Å². The molecule has 2 rings (SSSR count). The Morgan fingerprint density at radius 2 is 1.82 bits per heavy atom. The van der Waals surface area contributed by atoms with Gasteiger partial charge in [0.25, 0.3) is 0 Å². The van der Waals surface area contributed by atoms with Crippen LogP contribution in [0.3, 0.4) is 0 Å². The molecule has 0 unspecified atom stereocenters. The second-order valence-corrected chi connectivity index (χ2v) is 5.74. The topological polar surface area (TPSA) is 75.6 Å². The van der Waals surface area contributed by atoms with Crippen LogP contribution in [0.15, 0.2) is 35.4 Å². The van der Waals surface area contributed by atoms with Crippen LogP contribution in [0.2, 0.25) is 0 Å². The van der Waals surface area contributed by atoms with Gasteiger partial charge in [0.1, 0.15) is 5.75 Å². The van der Waals surface area contributed by atoms with E-state index in [1.807, 2.05) is 13.8 Å². The highest BCUT2D eigenvalue weighted by Crippen LogP contribution is 2.35. The maximum atomic E-state index is 12.5. The zero-order valence-electron chi connectivity index (χ0n) is 13.1. The van der Waals surface area contributed by atoms with E-state index in [9.17, 15) is 14.7 Å². The van der Waals surface area contributed by atoms with E-state index in [0.717, 1.165) is 11.1 Å². The maximum absolute atomic E-state index is 12.5. The van der Waals surface area contributed by atoms with Crippen LogP contribution in [-0.4, -0.2) is 24.1 Å². The molecule has 0 radical (unpaired) electrons. The third kappa shape index (κ3) is 3.47. The fourth-order valence-electron chi connectivity index (χ4n) is 2.76. The molecule has 2 atom stereocenters. The zero-order valence-corrected chi connectivity index (χ0v) is 13.1. The molecule has 5 nitrogen and oxygen atoms in total. The molecule has 1 aromatic carbocycles. The number of rotatable bonds is 4. The molecule has 1 aromatic rings. The smallest absolute Gasteiger partial charge is 0.307 e. The lowest BCUT2D eigenvalue weighted by Gasteiger charge is -2.29. The molecule has 0 saturated carbocycles. The van der Waals surface area contributed by atoms with Gasteiger partial charge in [-0.3, -0.25) is 9.59 Å². The van der Waals surface area contributed by atoms with Crippen molar-refractivity contribution >= 4 is 17.6 Å². The Hall–Kier alpha value is -2.30. The molecule has 0 spiro atoms. The van der Waals surface area contributed by atoms with Crippen molar-refractivity contribution in [1.82, 2.24) is 0 Å². The Morgan fingerprint density at radius 1 is 1.18 bits per heavy atom. The standard InChI is InChI=1S/C17H21NO4/c1-10-7-14(15(17(20)21)8-11(10)2)16(19)18-12-5-4-6-13(9-12)22-3/h4-6,9,14-15H,7-8H2,1-3H3,(H,18,19)(H,20,21)/t14-,15-/m1/s1. The van der Waals surface area contributed by atoms with E-state index in [4.69, 9.17) is 4.74 Å². The highest BCUT2D eigenvalue weighted by atomic mass is 16.5. The third-order valence-electron chi connectivity index (χ3n) is 4.26. The number of nitrogens with one attached hydrogen (secondary N) is 1. The van der Waals surface area contributed by atoms with E-state index in [1.165, 1.54) is 0 Å². The zero-order chi connectivity index (χ0) is 16.3. The largest absolute Gasteiger partial charge is 0.497 e. The Labute approximate surface area is 130 Å². The predicted octanol–water partition coefficient (Wildman–Crippen LogP) is 3.08. The number of carbonyl (C=O) groups is 2. The lowest BCUT2D eigenvalue weighted by Crippen LogP contribution is -2.36. The number of hydrogen-bond acceptors (Lipinski definition) is 3. The first-order valence-corrected chi connectivity index (χ1v) is 7.25. The molecule has 22 heavy (non-hydrogen) atoms. The van der Waals surface area contributed by atoms with Gasteiger partial charge in [0.2, 0.25) is 5.91 Å². The van der Waals surface area contributed by atoms with Crippen LogP contribution in [0.1, 0.15) is 26.7 Å². The average molecular weight is 303 g/mol. The van der Waals surface area contributed by atoms with Crippen molar-refractivity contribution in [2.24, 2.45) is 11.8 Å². The molecule has 0 fully saturated rings.